The molecule has 1 unspecified atom stereocenters. The van der Waals surface area contributed by atoms with Crippen LogP contribution < -0.4 is 4.74 Å². The van der Waals surface area contributed by atoms with Crippen molar-refractivity contribution in [3.8, 4) is 5.75 Å². The Labute approximate surface area is 126 Å². The molecule has 1 N–H and O–H groups in total. The molecule has 1 atom stereocenters. The molecule has 0 heterocycles. The normalized spacial score (nSPS) is 12.3. The second-order valence-electron chi connectivity index (χ2n) is 4.30. The fourth-order valence-electron chi connectivity index (χ4n) is 1.92. The van der Waals surface area contributed by atoms with Crippen molar-refractivity contribution in [3.05, 3.63) is 62.6 Å². The lowest BCUT2D eigenvalue weighted by molar-refractivity contribution is 0.214. The van der Waals surface area contributed by atoms with E-state index in [0.29, 0.717) is 16.3 Å². The predicted octanol–water partition coefficient (Wildman–Crippen LogP) is 4.50. The Morgan fingerprint density at radius 2 is 2.00 bits per heavy atom. The van der Waals surface area contributed by atoms with E-state index in [2.05, 4.69) is 15.9 Å². The first-order chi connectivity index (χ1) is 9.02. The number of ether oxygens (including phenoxy) is 1. The van der Waals surface area contributed by atoms with Crippen LogP contribution in [0.2, 0.25) is 5.02 Å². The lowest BCUT2D eigenvalue weighted by Crippen LogP contribution is -2.03. The number of aliphatic hydroxyl groups is 1. The van der Waals surface area contributed by atoms with E-state index in [-0.39, 0.29) is 0 Å². The second kappa shape index (κ2) is 5.95. The monoisotopic (exact) mass is 340 g/mol. The summed E-state index contributed by atoms with van der Waals surface area (Å²) in [6.45, 7) is 1.97. The molecular formula is C15H14BrClO2. The summed E-state index contributed by atoms with van der Waals surface area (Å²) in [6.07, 6.45) is -0.773. The van der Waals surface area contributed by atoms with Gasteiger partial charge in [-0.25, -0.2) is 0 Å². The van der Waals surface area contributed by atoms with E-state index in [9.17, 15) is 5.11 Å². The van der Waals surface area contributed by atoms with E-state index in [1.165, 1.54) is 0 Å². The maximum atomic E-state index is 10.5. The van der Waals surface area contributed by atoms with Crippen molar-refractivity contribution in [2.75, 3.05) is 7.11 Å². The summed E-state index contributed by atoms with van der Waals surface area (Å²) in [4.78, 5) is 0. The van der Waals surface area contributed by atoms with E-state index in [0.717, 1.165) is 15.6 Å². The lowest BCUT2D eigenvalue weighted by Gasteiger charge is -2.17. The molecule has 19 heavy (non-hydrogen) atoms. The Bertz CT molecular complexity index is 599. The van der Waals surface area contributed by atoms with Gasteiger partial charge in [-0.15, -0.1) is 0 Å². The molecule has 2 rings (SSSR count). The number of benzene rings is 2. The van der Waals surface area contributed by atoms with Gasteiger partial charge in [0.2, 0.25) is 0 Å². The van der Waals surface area contributed by atoms with Gasteiger partial charge in [0.25, 0.3) is 0 Å². The van der Waals surface area contributed by atoms with Crippen LogP contribution in [-0.2, 0) is 0 Å². The summed E-state index contributed by atoms with van der Waals surface area (Å²) >= 11 is 9.43. The fraction of sp³-hybridized carbons (Fsp3) is 0.200. The van der Waals surface area contributed by atoms with Crippen LogP contribution in [0.15, 0.2) is 40.9 Å². The third-order valence-electron chi connectivity index (χ3n) is 2.97. The highest BCUT2D eigenvalue weighted by molar-refractivity contribution is 9.10. The van der Waals surface area contributed by atoms with Crippen LogP contribution in [0, 0.1) is 6.92 Å². The van der Waals surface area contributed by atoms with Crippen LogP contribution in [0.25, 0.3) is 0 Å². The van der Waals surface area contributed by atoms with Gasteiger partial charge >= 0.3 is 0 Å². The zero-order valence-electron chi connectivity index (χ0n) is 10.7. The van der Waals surface area contributed by atoms with Crippen LogP contribution in [0.1, 0.15) is 22.8 Å². The Balaban J connectivity index is 2.49. The molecule has 0 spiro atoms. The van der Waals surface area contributed by atoms with E-state index < -0.39 is 6.10 Å². The predicted molar refractivity (Wildman–Crippen MR) is 80.9 cm³/mol. The summed E-state index contributed by atoms with van der Waals surface area (Å²) in [7, 11) is 1.59. The van der Waals surface area contributed by atoms with Crippen molar-refractivity contribution < 1.29 is 9.84 Å². The molecule has 0 aliphatic heterocycles. The number of aryl methyl sites for hydroxylation is 1. The number of aliphatic hydroxyl groups excluding tert-OH is 1. The van der Waals surface area contributed by atoms with Gasteiger partial charge in [0.05, 0.1) is 7.11 Å². The van der Waals surface area contributed by atoms with Gasteiger partial charge in [-0.3, -0.25) is 0 Å². The maximum absolute atomic E-state index is 10.5. The molecule has 2 nitrogen and oxygen atoms in total. The van der Waals surface area contributed by atoms with Crippen molar-refractivity contribution >= 4 is 27.5 Å². The van der Waals surface area contributed by atoms with Gasteiger partial charge in [-0.1, -0.05) is 39.7 Å². The topological polar surface area (TPSA) is 29.5 Å². The molecule has 2 aromatic carbocycles. The minimum Gasteiger partial charge on any atom is -0.496 e. The van der Waals surface area contributed by atoms with Crippen LogP contribution in [0.3, 0.4) is 0 Å². The molecule has 0 aromatic heterocycles. The molecule has 0 aliphatic rings. The lowest BCUT2D eigenvalue weighted by atomic mass is 9.99. The van der Waals surface area contributed by atoms with Crippen molar-refractivity contribution in [1.82, 2.24) is 0 Å². The zero-order chi connectivity index (χ0) is 14.0. The molecule has 100 valence electrons. The quantitative estimate of drug-likeness (QED) is 0.890. The van der Waals surface area contributed by atoms with Crippen molar-refractivity contribution in [3.63, 3.8) is 0 Å². The van der Waals surface area contributed by atoms with E-state index in [1.54, 1.807) is 19.2 Å². The number of hydrogen-bond acceptors (Lipinski definition) is 2. The fourth-order valence-corrected chi connectivity index (χ4v) is 2.48. The minimum atomic E-state index is -0.773. The van der Waals surface area contributed by atoms with Crippen LogP contribution in [0.5, 0.6) is 5.75 Å². The van der Waals surface area contributed by atoms with E-state index in [4.69, 9.17) is 16.3 Å². The molecule has 0 amide bonds. The highest BCUT2D eigenvalue weighted by Gasteiger charge is 2.17. The molecule has 2 aromatic rings. The van der Waals surface area contributed by atoms with E-state index >= 15 is 0 Å². The van der Waals surface area contributed by atoms with Gasteiger partial charge in [0.15, 0.2) is 0 Å². The molecule has 0 aliphatic carbocycles. The largest absolute Gasteiger partial charge is 0.496 e. The zero-order valence-corrected chi connectivity index (χ0v) is 13.0. The van der Waals surface area contributed by atoms with Gasteiger partial charge in [-0.2, -0.15) is 0 Å². The Kier molecular flexibility index (Phi) is 4.50. The minimum absolute atomic E-state index is 0.599. The number of methoxy groups -OCH3 is 1. The molecule has 4 heteroatoms. The Morgan fingerprint density at radius 1 is 1.26 bits per heavy atom. The van der Waals surface area contributed by atoms with Gasteiger partial charge in [0.1, 0.15) is 11.9 Å². The average Bonchev–Trinajstić information content (AvgIpc) is 2.40. The second-order valence-corrected chi connectivity index (χ2v) is 5.59. The van der Waals surface area contributed by atoms with Crippen LogP contribution >= 0.6 is 27.5 Å². The summed E-state index contributed by atoms with van der Waals surface area (Å²) in [5, 5.41) is 11.1. The summed E-state index contributed by atoms with van der Waals surface area (Å²) in [5.41, 5.74) is 2.50. The van der Waals surface area contributed by atoms with Crippen LogP contribution in [0.4, 0.5) is 0 Å². The number of hydrogen-bond donors (Lipinski definition) is 1. The molecule has 0 fully saturated rings. The van der Waals surface area contributed by atoms with Gasteiger partial charge < -0.3 is 9.84 Å². The van der Waals surface area contributed by atoms with E-state index in [1.807, 2.05) is 31.2 Å². The standard InChI is InChI=1S/C15H14BrClO2/c1-9-6-14(19-2)12(8-13(9)16)15(18)10-4-3-5-11(17)7-10/h3-8,15,18H,1-2H3. The molecule has 0 bridgehead atoms. The third kappa shape index (κ3) is 3.11. The number of halogens is 2. The smallest absolute Gasteiger partial charge is 0.125 e. The van der Waals surface area contributed by atoms with Crippen molar-refractivity contribution in [1.29, 1.82) is 0 Å². The van der Waals surface area contributed by atoms with Crippen molar-refractivity contribution in [2.45, 2.75) is 13.0 Å². The first kappa shape index (κ1) is 14.4. The first-order valence-corrected chi connectivity index (χ1v) is 6.97. The summed E-state index contributed by atoms with van der Waals surface area (Å²) in [5.74, 6) is 0.660. The highest BCUT2D eigenvalue weighted by Crippen LogP contribution is 2.34. The summed E-state index contributed by atoms with van der Waals surface area (Å²) < 4.78 is 6.27. The Morgan fingerprint density at radius 3 is 2.63 bits per heavy atom. The first-order valence-electron chi connectivity index (χ1n) is 5.80. The van der Waals surface area contributed by atoms with Crippen LogP contribution in [-0.4, -0.2) is 12.2 Å². The van der Waals surface area contributed by atoms with Gasteiger partial charge in [-0.05, 0) is 42.3 Å². The maximum Gasteiger partial charge on any atom is 0.125 e. The molecule has 0 saturated carbocycles. The third-order valence-corrected chi connectivity index (χ3v) is 4.06. The molecule has 0 saturated heterocycles. The summed E-state index contributed by atoms with van der Waals surface area (Å²) in [6, 6.07) is 11.0. The average molecular weight is 342 g/mol. The molecule has 0 radical (unpaired) electrons. The van der Waals surface area contributed by atoms with Gasteiger partial charge in [0, 0.05) is 15.1 Å². The molecular weight excluding hydrogens is 328 g/mol. The van der Waals surface area contributed by atoms with Crippen molar-refractivity contribution in [2.24, 2.45) is 0 Å². The Hall–Kier alpha value is -1.03. The highest BCUT2D eigenvalue weighted by atomic mass is 79.9. The SMILES string of the molecule is COc1cc(C)c(Br)cc1C(O)c1cccc(Cl)c1. The number of rotatable bonds is 3.